The maximum Gasteiger partial charge on any atom is 0.328 e. The molecule has 1 aromatic carbocycles. The van der Waals surface area contributed by atoms with Crippen LogP contribution in [0.25, 0.3) is 11.4 Å². The molecule has 0 saturated heterocycles. The molecule has 0 aliphatic rings. The van der Waals surface area contributed by atoms with Crippen molar-refractivity contribution < 1.29 is 9.90 Å². The molecule has 2 rings (SSSR count). The van der Waals surface area contributed by atoms with E-state index in [0.29, 0.717) is 16.4 Å². The maximum absolute atomic E-state index is 11.0. The molecule has 18 heavy (non-hydrogen) atoms. The third kappa shape index (κ3) is 2.33. The summed E-state index contributed by atoms with van der Waals surface area (Å²) in [7, 11) is 0. The van der Waals surface area contributed by atoms with Crippen molar-refractivity contribution >= 4 is 17.6 Å². The molecule has 0 bridgehead atoms. The van der Waals surface area contributed by atoms with Gasteiger partial charge in [0.05, 0.1) is 0 Å². The number of halogens is 1. The summed E-state index contributed by atoms with van der Waals surface area (Å²) >= 11 is 5.97. The summed E-state index contributed by atoms with van der Waals surface area (Å²) in [6.07, 6.45) is 0. The summed E-state index contributed by atoms with van der Waals surface area (Å²) in [5, 5.41) is 20.6. The first-order valence-electron chi connectivity index (χ1n) is 5.27. The first-order chi connectivity index (χ1) is 8.49. The zero-order valence-corrected chi connectivity index (χ0v) is 10.6. The molecule has 1 N–H and O–H groups in total. The van der Waals surface area contributed by atoms with Gasteiger partial charge < -0.3 is 5.11 Å². The summed E-state index contributed by atoms with van der Waals surface area (Å²) in [5.41, 5.74) is 1.65. The third-order valence-electron chi connectivity index (χ3n) is 2.52. The van der Waals surface area contributed by atoms with Crippen LogP contribution in [0.3, 0.4) is 0 Å². The van der Waals surface area contributed by atoms with Crippen molar-refractivity contribution in [2.45, 2.75) is 19.9 Å². The number of carboxylic acids is 1. The van der Waals surface area contributed by atoms with E-state index in [9.17, 15) is 4.79 Å². The molecule has 1 unspecified atom stereocenters. The minimum Gasteiger partial charge on any atom is -0.480 e. The van der Waals surface area contributed by atoms with E-state index < -0.39 is 12.0 Å². The van der Waals surface area contributed by atoms with Crippen LogP contribution in [0.1, 0.15) is 18.5 Å². The van der Waals surface area contributed by atoms with Crippen LogP contribution in [0.5, 0.6) is 0 Å². The van der Waals surface area contributed by atoms with Crippen LogP contribution in [0.15, 0.2) is 18.2 Å². The van der Waals surface area contributed by atoms with Crippen LogP contribution >= 0.6 is 11.6 Å². The Morgan fingerprint density at radius 3 is 2.78 bits per heavy atom. The minimum atomic E-state index is -0.998. The Morgan fingerprint density at radius 1 is 1.44 bits per heavy atom. The largest absolute Gasteiger partial charge is 0.480 e. The number of nitrogens with zero attached hydrogens (tertiary/aromatic N) is 4. The Hall–Kier alpha value is -1.95. The lowest BCUT2D eigenvalue weighted by Crippen LogP contribution is -2.18. The molecule has 0 aliphatic heterocycles. The van der Waals surface area contributed by atoms with Crippen molar-refractivity contribution in [3.63, 3.8) is 0 Å². The zero-order valence-electron chi connectivity index (χ0n) is 9.83. The fourth-order valence-corrected chi connectivity index (χ4v) is 1.90. The molecule has 0 saturated carbocycles. The number of hydrogen-bond acceptors (Lipinski definition) is 4. The quantitative estimate of drug-likeness (QED) is 0.918. The van der Waals surface area contributed by atoms with Gasteiger partial charge in [-0.05, 0) is 48.0 Å². The minimum absolute atomic E-state index is 0.385. The highest BCUT2D eigenvalue weighted by atomic mass is 35.5. The van der Waals surface area contributed by atoms with Crippen molar-refractivity contribution in [3.8, 4) is 11.4 Å². The number of carbonyl (C=O) groups is 1. The van der Waals surface area contributed by atoms with E-state index in [1.54, 1.807) is 12.1 Å². The Kier molecular flexibility index (Phi) is 3.29. The van der Waals surface area contributed by atoms with Gasteiger partial charge in [-0.15, -0.1) is 5.10 Å². The maximum atomic E-state index is 11.0. The monoisotopic (exact) mass is 266 g/mol. The highest BCUT2D eigenvalue weighted by Gasteiger charge is 2.20. The molecule has 0 aliphatic carbocycles. The van der Waals surface area contributed by atoms with Gasteiger partial charge in [0.25, 0.3) is 0 Å². The highest BCUT2D eigenvalue weighted by molar-refractivity contribution is 6.30. The molecule has 6 nitrogen and oxygen atoms in total. The van der Waals surface area contributed by atoms with Gasteiger partial charge in [0, 0.05) is 10.6 Å². The van der Waals surface area contributed by atoms with E-state index in [1.165, 1.54) is 11.6 Å². The topological polar surface area (TPSA) is 80.9 Å². The molecular weight excluding hydrogens is 256 g/mol. The molecule has 1 heterocycles. The molecule has 0 fully saturated rings. The first-order valence-corrected chi connectivity index (χ1v) is 5.65. The fraction of sp³-hybridized carbons (Fsp3) is 0.273. The number of tetrazole rings is 1. The lowest BCUT2D eigenvalue weighted by Gasteiger charge is -2.09. The predicted molar refractivity (Wildman–Crippen MR) is 65.3 cm³/mol. The number of aliphatic carboxylic acids is 1. The average molecular weight is 267 g/mol. The molecule has 1 aromatic heterocycles. The van der Waals surface area contributed by atoms with Gasteiger partial charge in [0.1, 0.15) is 0 Å². The highest BCUT2D eigenvalue weighted by Crippen LogP contribution is 2.24. The van der Waals surface area contributed by atoms with Crippen molar-refractivity contribution in [1.82, 2.24) is 20.2 Å². The Labute approximate surface area is 108 Å². The summed E-state index contributed by atoms with van der Waals surface area (Å²) in [5.74, 6) is -0.613. The lowest BCUT2D eigenvalue weighted by atomic mass is 10.1. The van der Waals surface area contributed by atoms with Gasteiger partial charge in [-0.2, -0.15) is 0 Å². The number of carboxylic acid groups (broad SMARTS) is 1. The second kappa shape index (κ2) is 4.73. The number of hydrogen-bond donors (Lipinski definition) is 1. The van der Waals surface area contributed by atoms with Crippen LogP contribution in [-0.4, -0.2) is 31.3 Å². The van der Waals surface area contributed by atoms with Crippen molar-refractivity contribution in [1.29, 1.82) is 0 Å². The second-order valence-electron chi connectivity index (χ2n) is 3.98. The first kappa shape index (κ1) is 12.5. The van der Waals surface area contributed by atoms with E-state index in [4.69, 9.17) is 16.7 Å². The Bertz CT molecular complexity index is 576. The zero-order chi connectivity index (χ0) is 13.3. The number of rotatable bonds is 3. The van der Waals surface area contributed by atoms with Crippen molar-refractivity contribution in [3.05, 3.63) is 28.8 Å². The summed E-state index contributed by atoms with van der Waals surface area (Å²) in [6, 6.07) is 4.52. The average Bonchev–Trinajstić information content (AvgIpc) is 2.75. The van der Waals surface area contributed by atoms with E-state index in [0.717, 1.165) is 5.56 Å². The van der Waals surface area contributed by atoms with E-state index in [-0.39, 0.29) is 0 Å². The number of aromatic nitrogens is 4. The van der Waals surface area contributed by atoms with Crippen molar-refractivity contribution in [2.24, 2.45) is 0 Å². The van der Waals surface area contributed by atoms with Gasteiger partial charge in [-0.25, -0.2) is 9.48 Å². The van der Waals surface area contributed by atoms with Gasteiger partial charge in [0.15, 0.2) is 11.9 Å². The van der Waals surface area contributed by atoms with E-state index in [2.05, 4.69) is 15.5 Å². The smallest absolute Gasteiger partial charge is 0.328 e. The molecule has 0 spiro atoms. The van der Waals surface area contributed by atoms with Gasteiger partial charge in [-0.3, -0.25) is 0 Å². The molecule has 94 valence electrons. The molecule has 0 radical (unpaired) electrons. The van der Waals surface area contributed by atoms with Crippen LogP contribution in [0.4, 0.5) is 0 Å². The lowest BCUT2D eigenvalue weighted by molar-refractivity contribution is -0.140. The van der Waals surface area contributed by atoms with Gasteiger partial charge in [0.2, 0.25) is 0 Å². The van der Waals surface area contributed by atoms with Crippen LogP contribution in [0.2, 0.25) is 5.02 Å². The number of benzene rings is 1. The molecule has 1 atom stereocenters. The molecule has 2 aromatic rings. The molecule has 0 amide bonds. The summed E-state index contributed by atoms with van der Waals surface area (Å²) in [4.78, 5) is 11.0. The van der Waals surface area contributed by atoms with Crippen molar-refractivity contribution in [2.75, 3.05) is 0 Å². The van der Waals surface area contributed by atoms with E-state index in [1.807, 2.05) is 13.0 Å². The summed E-state index contributed by atoms with van der Waals surface area (Å²) in [6.45, 7) is 3.41. The third-order valence-corrected chi connectivity index (χ3v) is 2.74. The standard InChI is InChI=1S/C11H11ClN4O2/c1-6-3-8(5-9(12)4-6)10-13-14-15-16(10)7(2)11(17)18/h3-5,7H,1-2H3,(H,17,18). The Morgan fingerprint density at radius 2 is 2.17 bits per heavy atom. The molecular formula is C11H11ClN4O2. The Balaban J connectivity index is 2.51. The summed E-state index contributed by atoms with van der Waals surface area (Å²) < 4.78 is 1.26. The van der Waals surface area contributed by atoms with Gasteiger partial charge >= 0.3 is 5.97 Å². The van der Waals surface area contributed by atoms with Gasteiger partial charge in [-0.1, -0.05) is 11.6 Å². The normalized spacial score (nSPS) is 12.4. The fourth-order valence-electron chi connectivity index (χ4n) is 1.61. The van der Waals surface area contributed by atoms with E-state index >= 15 is 0 Å². The number of aryl methyl sites for hydroxylation is 1. The SMILES string of the molecule is Cc1cc(Cl)cc(-c2nnnn2C(C)C(=O)O)c1. The molecule has 7 heteroatoms. The second-order valence-corrected chi connectivity index (χ2v) is 4.41. The van der Waals surface area contributed by atoms with Crippen LogP contribution < -0.4 is 0 Å². The predicted octanol–water partition coefficient (Wildman–Crippen LogP) is 1.95. The van der Waals surface area contributed by atoms with Crippen LogP contribution in [0, 0.1) is 6.92 Å². The van der Waals surface area contributed by atoms with Crippen LogP contribution in [-0.2, 0) is 4.79 Å².